The van der Waals surface area contributed by atoms with Crippen molar-refractivity contribution in [2.24, 2.45) is 5.41 Å². The van der Waals surface area contributed by atoms with Crippen molar-refractivity contribution in [1.82, 2.24) is 0 Å². The maximum atomic E-state index is 12.8. The van der Waals surface area contributed by atoms with Crippen LogP contribution in [0.5, 0.6) is 0 Å². The number of alkyl halides is 3. The van der Waals surface area contributed by atoms with Crippen LogP contribution in [0, 0.1) is 5.41 Å². The summed E-state index contributed by atoms with van der Waals surface area (Å²) in [5, 5.41) is 2.60. The lowest BCUT2D eigenvalue weighted by Gasteiger charge is -2.43. The topological polar surface area (TPSA) is 38.3 Å². The number of carbonyl (C=O) groups is 1. The van der Waals surface area contributed by atoms with Gasteiger partial charge >= 0.3 is 6.18 Å². The Morgan fingerprint density at radius 1 is 1.21 bits per heavy atom. The molecule has 6 heteroatoms. The van der Waals surface area contributed by atoms with Gasteiger partial charge in [0.25, 0.3) is 5.91 Å². The largest absolute Gasteiger partial charge is 0.396 e. The van der Waals surface area contributed by atoms with Gasteiger partial charge in [0, 0.05) is 18.5 Å². The normalized spacial score (nSPS) is 32.8. The van der Waals surface area contributed by atoms with Crippen LogP contribution >= 0.6 is 0 Å². The molecular formula is C13H12F3NO2. The molecule has 2 aliphatic heterocycles. The van der Waals surface area contributed by atoms with Crippen molar-refractivity contribution in [3.63, 3.8) is 0 Å². The van der Waals surface area contributed by atoms with Crippen LogP contribution < -0.4 is 5.32 Å². The predicted molar refractivity (Wildman–Crippen MR) is 61.5 cm³/mol. The van der Waals surface area contributed by atoms with Crippen LogP contribution in [0.25, 0.3) is 0 Å². The highest BCUT2D eigenvalue weighted by Crippen LogP contribution is 2.65. The van der Waals surface area contributed by atoms with Crippen LogP contribution in [-0.2, 0) is 9.53 Å². The van der Waals surface area contributed by atoms with Gasteiger partial charge in [-0.2, -0.15) is 13.2 Å². The molecule has 1 aromatic rings. The second kappa shape index (κ2) is 3.72. The average molecular weight is 271 g/mol. The van der Waals surface area contributed by atoms with Crippen molar-refractivity contribution >= 4 is 11.6 Å². The summed E-state index contributed by atoms with van der Waals surface area (Å²) in [5.41, 5.74) is -2.56. The number of nitrogens with one attached hydrogen (secondary N) is 1. The number of anilines is 1. The van der Waals surface area contributed by atoms with E-state index in [1.54, 1.807) is 30.3 Å². The molecule has 1 aliphatic carbocycles. The Bertz CT molecular complexity index is 506. The molecule has 2 bridgehead atoms. The van der Waals surface area contributed by atoms with Gasteiger partial charge in [-0.15, -0.1) is 0 Å². The molecule has 0 aromatic heterocycles. The molecule has 0 unspecified atom stereocenters. The third-order valence-corrected chi connectivity index (χ3v) is 3.92. The zero-order valence-corrected chi connectivity index (χ0v) is 9.96. The number of ether oxygens (including phenoxy) is 1. The molecule has 1 N–H and O–H groups in total. The van der Waals surface area contributed by atoms with Gasteiger partial charge in [-0.1, -0.05) is 18.2 Å². The van der Waals surface area contributed by atoms with E-state index in [4.69, 9.17) is 4.74 Å². The van der Waals surface area contributed by atoms with Gasteiger partial charge < -0.3 is 10.1 Å². The quantitative estimate of drug-likeness (QED) is 0.898. The van der Waals surface area contributed by atoms with E-state index in [2.05, 4.69) is 5.32 Å². The maximum absolute atomic E-state index is 12.8. The van der Waals surface area contributed by atoms with E-state index in [0.29, 0.717) is 5.69 Å². The third-order valence-electron chi connectivity index (χ3n) is 3.92. The summed E-state index contributed by atoms with van der Waals surface area (Å²) < 4.78 is 43.6. The molecule has 102 valence electrons. The van der Waals surface area contributed by atoms with Gasteiger partial charge in [0.15, 0.2) is 0 Å². The summed E-state index contributed by atoms with van der Waals surface area (Å²) in [7, 11) is 0. The molecule has 1 aromatic carbocycles. The lowest BCUT2D eigenvalue weighted by atomic mass is 9.61. The number of hydrogen-bond acceptors (Lipinski definition) is 2. The first-order valence-electron chi connectivity index (χ1n) is 5.94. The molecule has 1 amide bonds. The highest BCUT2D eigenvalue weighted by atomic mass is 19.4. The summed E-state index contributed by atoms with van der Waals surface area (Å²) in [6, 6.07) is 8.63. The van der Waals surface area contributed by atoms with Crippen LogP contribution in [0.1, 0.15) is 12.8 Å². The number of carbonyl (C=O) groups excluding carboxylic acids is 1. The van der Waals surface area contributed by atoms with Gasteiger partial charge in [0.1, 0.15) is 5.60 Å². The standard InChI is InChI=1S/C13H12F3NO2/c14-13(15,16)11-6-12(7-11,19-8-11)10(18)17-9-4-2-1-3-5-9/h1-5H,6-8H2,(H,17,18). The lowest BCUT2D eigenvalue weighted by Crippen LogP contribution is -2.57. The summed E-state index contributed by atoms with van der Waals surface area (Å²) in [6.07, 6.45) is -4.86. The molecule has 3 aliphatic rings. The third kappa shape index (κ3) is 1.74. The molecule has 4 rings (SSSR count). The fraction of sp³-hybridized carbons (Fsp3) is 0.462. The first kappa shape index (κ1) is 12.5. The highest BCUT2D eigenvalue weighted by molar-refractivity contribution is 5.98. The number of halogens is 3. The Hall–Kier alpha value is -1.56. The van der Waals surface area contributed by atoms with E-state index in [9.17, 15) is 18.0 Å². The smallest absolute Gasteiger partial charge is 0.364 e. The Kier molecular flexibility index (Phi) is 2.44. The van der Waals surface area contributed by atoms with Crippen molar-refractivity contribution in [3.05, 3.63) is 30.3 Å². The number of rotatable bonds is 2. The van der Waals surface area contributed by atoms with Gasteiger partial charge in [-0.3, -0.25) is 4.79 Å². The van der Waals surface area contributed by atoms with E-state index >= 15 is 0 Å². The summed E-state index contributed by atoms with van der Waals surface area (Å²) in [4.78, 5) is 12.0. The Labute approximate surface area is 107 Å². The highest BCUT2D eigenvalue weighted by Gasteiger charge is 2.76. The second-order valence-corrected chi connectivity index (χ2v) is 5.23. The fourth-order valence-corrected chi connectivity index (χ4v) is 2.80. The summed E-state index contributed by atoms with van der Waals surface area (Å²) >= 11 is 0. The molecule has 2 heterocycles. The Balaban J connectivity index is 1.71. The monoisotopic (exact) mass is 271 g/mol. The Morgan fingerprint density at radius 3 is 2.37 bits per heavy atom. The SMILES string of the molecule is O=C(Nc1ccccc1)C12CC(C(F)(F)F)(CO1)C2. The zero-order valence-electron chi connectivity index (χ0n) is 9.96. The predicted octanol–water partition coefficient (Wildman–Crippen LogP) is 2.74. The molecule has 19 heavy (non-hydrogen) atoms. The van der Waals surface area contributed by atoms with E-state index in [-0.39, 0.29) is 12.8 Å². The first-order chi connectivity index (χ1) is 8.87. The van der Waals surface area contributed by atoms with Crippen LogP contribution in [0.3, 0.4) is 0 Å². The fourth-order valence-electron chi connectivity index (χ4n) is 2.80. The van der Waals surface area contributed by atoms with E-state index in [0.717, 1.165) is 0 Å². The minimum Gasteiger partial charge on any atom is -0.364 e. The number of hydrogen-bond donors (Lipinski definition) is 1. The molecule has 3 fully saturated rings. The van der Waals surface area contributed by atoms with E-state index < -0.39 is 29.7 Å². The maximum Gasteiger partial charge on any atom is 0.396 e. The van der Waals surface area contributed by atoms with Crippen LogP contribution in [0.15, 0.2) is 30.3 Å². The van der Waals surface area contributed by atoms with Gasteiger partial charge in [0.05, 0.1) is 12.0 Å². The molecule has 3 nitrogen and oxygen atoms in total. The van der Waals surface area contributed by atoms with Crippen LogP contribution in [0.2, 0.25) is 0 Å². The van der Waals surface area contributed by atoms with Gasteiger partial charge in [-0.05, 0) is 12.1 Å². The van der Waals surface area contributed by atoms with E-state index in [1.165, 1.54) is 0 Å². The van der Waals surface area contributed by atoms with Crippen molar-refractivity contribution < 1.29 is 22.7 Å². The number of fused-ring (bicyclic) bond motifs is 1. The molecule has 0 radical (unpaired) electrons. The van der Waals surface area contributed by atoms with Crippen molar-refractivity contribution in [3.8, 4) is 0 Å². The van der Waals surface area contributed by atoms with Crippen molar-refractivity contribution in [2.45, 2.75) is 24.6 Å². The van der Waals surface area contributed by atoms with Crippen molar-refractivity contribution in [1.29, 1.82) is 0 Å². The summed E-state index contributed by atoms with van der Waals surface area (Å²) in [5.74, 6) is -0.490. The molecule has 1 saturated carbocycles. The molecule has 0 atom stereocenters. The number of benzene rings is 1. The van der Waals surface area contributed by atoms with Crippen molar-refractivity contribution in [2.75, 3.05) is 11.9 Å². The zero-order chi connectivity index (χ0) is 13.7. The van der Waals surface area contributed by atoms with Gasteiger partial charge in [-0.25, -0.2) is 0 Å². The molecular weight excluding hydrogens is 259 g/mol. The Morgan fingerprint density at radius 2 is 1.84 bits per heavy atom. The first-order valence-corrected chi connectivity index (χ1v) is 5.94. The lowest BCUT2D eigenvalue weighted by molar-refractivity contribution is -0.241. The molecule has 2 saturated heterocycles. The van der Waals surface area contributed by atoms with Gasteiger partial charge in [0.2, 0.25) is 0 Å². The number of amides is 1. The van der Waals surface area contributed by atoms with Crippen LogP contribution in [-0.4, -0.2) is 24.3 Å². The minimum atomic E-state index is -4.31. The summed E-state index contributed by atoms with van der Waals surface area (Å²) in [6.45, 7) is -0.418. The average Bonchev–Trinajstić information content (AvgIpc) is 2.86. The van der Waals surface area contributed by atoms with Crippen LogP contribution in [0.4, 0.5) is 18.9 Å². The number of para-hydroxylation sites is 1. The van der Waals surface area contributed by atoms with E-state index in [1.807, 2.05) is 0 Å². The minimum absolute atomic E-state index is 0.276. The second-order valence-electron chi connectivity index (χ2n) is 5.23. The molecule has 0 spiro atoms.